The summed E-state index contributed by atoms with van der Waals surface area (Å²) in [4.78, 5) is 22.6. The van der Waals surface area contributed by atoms with Gasteiger partial charge >= 0.3 is 5.97 Å². The van der Waals surface area contributed by atoms with Gasteiger partial charge in [0, 0.05) is 19.5 Å². The Bertz CT molecular complexity index is 933. The summed E-state index contributed by atoms with van der Waals surface area (Å²) in [7, 11) is 0. The van der Waals surface area contributed by atoms with Gasteiger partial charge in [-0.05, 0) is 33.3 Å². The average Bonchev–Trinajstić information content (AvgIpc) is 3.19. The van der Waals surface area contributed by atoms with Crippen molar-refractivity contribution >= 4 is 33.3 Å². The molecule has 0 aliphatic carbocycles. The number of thiophene rings is 1. The molecule has 0 radical (unpaired) electrons. The molecule has 3 aromatic rings. The molecule has 3 aromatic heterocycles. The van der Waals surface area contributed by atoms with Crippen LogP contribution in [0.25, 0.3) is 10.2 Å². The topological polar surface area (TPSA) is 94.8 Å². The summed E-state index contributed by atoms with van der Waals surface area (Å²) in [5, 5.41) is 12.3. The summed E-state index contributed by atoms with van der Waals surface area (Å²) in [6.45, 7) is 9.45. The highest BCUT2D eigenvalue weighted by Gasteiger charge is 2.20. The van der Waals surface area contributed by atoms with Crippen molar-refractivity contribution in [1.29, 1.82) is 0 Å². The Morgan fingerprint density at radius 3 is 2.85 bits per heavy atom. The summed E-state index contributed by atoms with van der Waals surface area (Å²) >= 11 is 1.35. The highest BCUT2D eigenvalue weighted by atomic mass is 32.1. The molecule has 0 aliphatic rings. The maximum Gasteiger partial charge on any atom is 0.348 e. The van der Waals surface area contributed by atoms with Crippen molar-refractivity contribution in [2.45, 2.75) is 40.7 Å². The summed E-state index contributed by atoms with van der Waals surface area (Å²) in [6.07, 6.45) is 2.46. The molecule has 3 heterocycles. The minimum atomic E-state index is -0.312. The van der Waals surface area contributed by atoms with E-state index < -0.39 is 0 Å². The molecule has 0 amide bonds. The van der Waals surface area contributed by atoms with Gasteiger partial charge in [-0.3, -0.25) is 0 Å². The maximum absolute atomic E-state index is 12.2. The van der Waals surface area contributed by atoms with Gasteiger partial charge in [-0.2, -0.15) is 0 Å². The number of anilines is 1. The van der Waals surface area contributed by atoms with Gasteiger partial charge in [0.1, 0.15) is 33.5 Å². The highest BCUT2D eigenvalue weighted by molar-refractivity contribution is 7.20. The van der Waals surface area contributed by atoms with E-state index in [0.29, 0.717) is 23.9 Å². The summed E-state index contributed by atoms with van der Waals surface area (Å²) in [5.41, 5.74) is 0.850. The predicted octanol–water partition coefficient (Wildman–Crippen LogP) is 2.75. The monoisotopic (exact) mass is 374 g/mol. The van der Waals surface area contributed by atoms with E-state index in [2.05, 4.69) is 32.4 Å². The van der Waals surface area contributed by atoms with Crippen LogP contribution in [0.2, 0.25) is 0 Å². The zero-order valence-electron chi connectivity index (χ0n) is 15.4. The quantitative estimate of drug-likeness (QED) is 0.635. The Kier molecular flexibility index (Phi) is 5.46. The lowest BCUT2D eigenvalue weighted by atomic mass is 10.2. The summed E-state index contributed by atoms with van der Waals surface area (Å²) in [6, 6.07) is 0. The van der Waals surface area contributed by atoms with Crippen molar-refractivity contribution in [3.8, 4) is 0 Å². The SMILES string of the molecule is CCOC(=O)c1sc2nc(C)nc(NCCc3nncn3CC)c2c1C. The number of carbonyl (C=O) groups excluding carboxylic acids is 1. The Hall–Kier alpha value is -2.55. The first-order chi connectivity index (χ1) is 12.5. The Morgan fingerprint density at radius 2 is 2.12 bits per heavy atom. The van der Waals surface area contributed by atoms with E-state index in [1.54, 1.807) is 13.3 Å². The third kappa shape index (κ3) is 3.52. The molecule has 0 bridgehead atoms. The average molecular weight is 374 g/mol. The van der Waals surface area contributed by atoms with Gasteiger partial charge < -0.3 is 14.6 Å². The van der Waals surface area contributed by atoms with Crippen molar-refractivity contribution in [2.75, 3.05) is 18.5 Å². The van der Waals surface area contributed by atoms with Crippen molar-refractivity contribution in [3.05, 3.63) is 28.4 Å². The lowest BCUT2D eigenvalue weighted by Crippen LogP contribution is -2.11. The lowest BCUT2D eigenvalue weighted by Gasteiger charge is -2.09. The van der Waals surface area contributed by atoms with Crippen LogP contribution in [0.4, 0.5) is 5.82 Å². The highest BCUT2D eigenvalue weighted by Crippen LogP contribution is 2.34. The van der Waals surface area contributed by atoms with E-state index in [-0.39, 0.29) is 5.97 Å². The van der Waals surface area contributed by atoms with Crippen LogP contribution in [0.5, 0.6) is 0 Å². The third-order valence-corrected chi connectivity index (χ3v) is 5.21. The first kappa shape index (κ1) is 18.2. The summed E-state index contributed by atoms with van der Waals surface area (Å²) < 4.78 is 7.16. The number of aromatic nitrogens is 5. The van der Waals surface area contributed by atoms with Crippen LogP contribution in [-0.4, -0.2) is 43.9 Å². The molecule has 8 nitrogen and oxygen atoms in total. The number of nitrogens with one attached hydrogen (secondary N) is 1. The van der Waals surface area contributed by atoms with E-state index in [9.17, 15) is 4.79 Å². The number of ether oxygens (including phenoxy) is 1. The van der Waals surface area contributed by atoms with Crippen molar-refractivity contribution in [3.63, 3.8) is 0 Å². The Labute approximate surface area is 155 Å². The number of fused-ring (bicyclic) bond motifs is 1. The number of hydrogen-bond acceptors (Lipinski definition) is 8. The van der Waals surface area contributed by atoms with Crippen LogP contribution in [0.15, 0.2) is 6.33 Å². The van der Waals surface area contributed by atoms with Crippen LogP contribution in [-0.2, 0) is 17.7 Å². The molecule has 0 atom stereocenters. The van der Waals surface area contributed by atoms with E-state index in [0.717, 1.165) is 40.4 Å². The molecule has 0 unspecified atom stereocenters. The zero-order chi connectivity index (χ0) is 18.7. The summed E-state index contributed by atoms with van der Waals surface area (Å²) in [5.74, 6) is 2.01. The Balaban J connectivity index is 1.86. The number of rotatable bonds is 7. The smallest absolute Gasteiger partial charge is 0.348 e. The normalized spacial score (nSPS) is 11.1. The first-order valence-corrected chi connectivity index (χ1v) is 9.42. The van der Waals surface area contributed by atoms with Crippen LogP contribution >= 0.6 is 11.3 Å². The van der Waals surface area contributed by atoms with Gasteiger partial charge in [0.15, 0.2) is 0 Å². The predicted molar refractivity (Wildman–Crippen MR) is 101 cm³/mol. The lowest BCUT2D eigenvalue weighted by molar-refractivity contribution is 0.0531. The molecule has 0 aliphatic heterocycles. The van der Waals surface area contributed by atoms with Crippen LogP contribution in [0, 0.1) is 13.8 Å². The molecular formula is C17H22N6O2S. The number of nitrogens with zero attached hydrogens (tertiary/aromatic N) is 5. The van der Waals surface area contributed by atoms with Crippen LogP contribution in [0.1, 0.15) is 40.7 Å². The van der Waals surface area contributed by atoms with Gasteiger partial charge in [-0.15, -0.1) is 21.5 Å². The second-order valence-corrected chi connectivity index (χ2v) is 6.79. The van der Waals surface area contributed by atoms with Crippen molar-refractivity contribution in [1.82, 2.24) is 24.7 Å². The number of aryl methyl sites for hydroxylation is 3. The number of hydrogen-bond donors (Lipinski definition) is 1. The molecule has 1 N–H and O–H groups in total. The largest absolute Gasteiger partial charge is 0.462 e. The van der Waals surface area contributed by atoms with Gasteiger partial charge in [0.2, 0.25) is 0 Å². The number of esters is 1. The molecule has 0 aromatic carbocycles. The third-order valence-electron chi connectivity index (χ3n) is 4.04. The minimum absolute atomic E-state index is 0.312. The van der Waals surface area contributed by atoms with Crippen LogP contribution < -0.4 is 5.32 Å². The molecule has 0 saturated carbocycles. The zero-order valence-corrected chi connectivity index (χ0v) is 16.2. The fraction of sp³-hybridized carbons (Fsp3) is 0.471. The maximum atomic E-state index is 12.2. The number of carbonyl (C=O) groups is 1. The molecule has 0 fully saturated rings. The van der Waals surface area contributed by atoms with Gasteiger partial charge in [0.25, 0.3) is 0 Å². The second kappa shape index (κ2) is 7.77. The molecule has 138 valence electrons. The van der Waals surface area contributed by atoms with E-state index >= 15 is 0 Å². The molecule has 3 rings (SSSR count). The molecular weight excluding hydrogens is 352 g/mol. The minimum Gasteiger partial charge on any atom is -0.462 e. The molecule has 9 heteroatoms. The first-order valence-electron chi connectivity index (χ1n) is 8.60. The van der Waals surface area contributed by atoms with E-state index in [4.69, 9.17) is 4.74 Å². The molecule has 26 heavy (non-hydrogen) atoms. The standard InChI is InChI=1S/C17H22N6O2S/c1-5-23-9-19-22-12(23)7-8-18-15-13-10(3)14(17(24)25-6-2)26-16(13)21-11(4)20-15/h9H,5-8H2,1-4H3,(H,18,20,21). The van der Waals surface area contributed by atoms with Crippen molar-refractivity contribution in [2.24, 2.45) is 0 Å². The van der Waals surface area contributed by atoms with Crippen LogP contribution in [0.3, 0.4) is 0 Å². The van der Waals surface area contributed by atoms with Gasteiger partial charge in [-0.25, -0.2) is 14.8 Å². The fourth-order valence-electron chi connectivity index (χ4n) is 2.79. The van der Waals surface area contributed by atoms with E-state index in [1.165, 1.54) is 11.3 Å². The Morgan fingerprint density at radius 1 is 1.31 bits per heavy atom. The fourth-order valence-corrected chi connectivity index (χ4v) is 3.91. The van der Waals surface area contributed by atoms with Gasteiger partial charge in [0.05, 0.1) is 12.0 Å². The molecule has 0 spiro atoms. The second-order valence-electron chi connectivity index (χ2n) is 5.79. The van der Waals surface area contributed by atoms with Gasteiger partial charge in [-0.1, -0.05) is 0 Å². The molecule has 0 saturated heterocycles. The van der Waals surface area contributed by atoms with E-state index in [1.807, 2.05) is 18.4 Å². The van der Waals surface area contributed by atoms with Crippen molar-refractivity contribution < 1.29 is 9.53 Å².